The minimum Gasteiger partial charge on any atom is -0.444 e. The number of carbonyl (C=O) groups excluding carboxylic acids is 1. The van der Waals surface area contributed by atoms with E-state index in [-0.39, 0.29) is 11.5 Å². The van der Waals surface area contributed by atoms with E-state index in [1.54, 1.807) is 0 Å². The van der Waals surface area contributed by atoms with Gasteiger partial charge < -0.3 is 14.5 Å². The van der Waals surface area contributed by atoms with E-state index >= 15 is 0 Å². The molecular formula is C20H31N3O2. The first kappa shape index (κ1) is 18.0. The number of rotatable bonds is 2. The fraction of sp³-hybridized carbons (Fsp3) is 0.700. The SMILES string of the molecule is CCc1cc(N2CCC3(CCN(C(=O)OC(C)(C)C)C3)C2)cc(C)n1. The molecule has 3 rings (SSSR count). The lowest BCUT2D eigenvalue weighted by Crippen LogP contribution is -2.37. The Hall–Kier alpha value is -1.78. The Bertz CT molecular complexity index is 653. The van der Waals surface area contributed by atoms with Gasteiger partial charge >= 0.3 is 6.09 Å². The van der Waals surface area contributed by atoms with Crippen LogP contribution in [0.5, 0.6) is 0 Å². The van der Waals surface area contributed by atoms with Gasteiger partial charge in [-0.15, -0.1) is 0 Å². The van der Waals surface area contributed by atoms with E-state index in [1.807, 2.05) is 25.7 Å². The molecule has 2 saturated heterocycles. The summed E-state index contributed by atoms with van der Waals surface area (Å²) >= 11 is 0. The predicted molar refractivity (Wildman–Crippen MR) is 100 cm³/mol. The predicted octanol–water partition coefficient (Wildman–Crippen LogP) is 3.79. The van der Waals surface area contributed by atoms with Crippen molar-refractivity contribution in [3.05, 3.63) is 23.5 Å². The first-order chi connectivity index (χ1) is 11.7. The monoisotopic (exact) mass is 345 g/mol. The highest BCUT2D eigenvalue weighted by molar-refractivity contribution is 5.68. The van der Waals surface area contributed by atoms with Crippen LogP contribution < -0.4 is 4.90 Å². The number of ether oxygens (including phenoxy) is 1. The number of hydrogen-bond acceptors (Lipinski definition) is 4. The van der Waals surface area contributed by atoms with Gasteiger partial charge in [0.2, 0.25) is 0 Å². The lowest BCUT2D eigenvalue weighted by atomic mass is 9.86. The number of hydrogen-bond donors (Lipinski definition) is 0. The quantitative estimate of drug-likeness (QED) is 0.818. The highest BCUT2D eigenvalue weighted by Crippen LogP contribution is 2.41. The van der Waals surface area contributed by atoms with Gasteiger partial charge in [0.15, 0.2) is 0 Å². The van der Waals surface area contributed by atoms with E-state index in [2.05, 4.69) is 35.9 Å². The number of amides is 1. The zero-order valence-electron chi connectivity index (χ0n) is 16.3. The third-order valence-corrected chi connectivity index (χ3v) is 5.25. The minimum atomic E-state index is -0.431. The molecule has 25 heavy (non-hydrogen) atoms. The minimum absolute atomic E-state index is 0.171. The van der Waals surface area contributed by atoms with Crippen molar-refractivity contribution in [2.75, 3.05) is 31.1 Å². The Morgan fingerprint density at radius 2 is 1.96 bits per heavy atom. The summed E-state index contributed by atoms with van der Waals surface area (Å²) in [5.74, 6) is 0. The normalized spacial score (nSPS) is 23.6. The number of aromatic nitrogens is 1. The summed E-state index contributed by atoms with van der Waals surface area (Å²) in [4.78, 5) is 21.3. The van der Waals surface area contributed by atoms with Crippen molar-refractivity contribution in [1.82, 2.24) is 9.88 Å². The molecule has 2 aliphatic rings. The summed E-state index contributed by atoms with van der Waals surface area (Å²) in [6.45, 7) is 13.7. The van der Waals surface area contributed by atoms with Gasteiger partial charge in [0.25, 0.3) is 0 Å². The summed E-state index contributed by atoms with van der Waals surface area (Å²) in [5, 5.41) is 0. The maximum absolute atomic E-state index is 12.4. The van der Waals surface area contributed by atoms with E-state index in [9.17, 15) is 4.79 Å². The second kappa shape index (κ2) is 6.50. The summed E-state index contributed by atoms with van der Waals surface area (Å²) in [5.41, 5.74) is 3.28. The summed E-state index contributed by atoms with van der Waals surface area (Å²) in [6, 6.07) is 4.39. The van der Waals surface area contributed by atoms with Crippen LogP contribution in [0.25, 0.3) is 0 Å². The first-order valence-corrected chi connectivity index (χ1v) is 9.40. The number of anilines is 1. The molecule has 1 aromatic heterocycles. The van der Waals surface area contributed by atoms with Crippen molar-refractivity contribution >= 4 is 11.8 Å². The van der Waals surface area contributed by atoms with Gasteiger partial charge in [-0.25, -0.2) is 4.79 Å². The molecule has 1 amide bonds. The average molecular weight is 345 g/mol. The second-order valence-electron chi connectivity index (χ2n) is 8.64. The first-order valence-electron chi connectivity index (χ1n) is 9.40. The van der Waals surface area contributed by atoms with Gasteiger partial charge in [-0.05, 0) is 59.1 Å². The highest BCUT2D eigenvalue weighted by atomic mass is 16.6. The number of aryl methyl sites for hydroxylation is 2. The second-order valence-corrected chi connectivity index (χ2v) is 8.64. The molecule has 0 N–H and O–H groups in total. The summed E-state index contributed by atoms with van der Waals surface area (Å²) in [6.07, 6.45) is 2.98. The molecular weight excluding hydrogens is 314 g/mol. The van der Waals surface area contributed by atoms with Crippen LogP contribution in [0.1, 0.15) is 51.9 Å². The van der Waals surface area contributed by atoms with Crippen molar-refractivity contribution in [1.29, 1.82) is 0 Å². The van der Waals surface area contributed by atoms with Crippen LogP contribution in [0.2, 0.25) is 0 Å². The number of nitrogens with zero attached hydrogens (tertiary/aromatic N) is 3. The molecule has 5 heteroatoms. The van der Waals surface area contributed by atoms with Crippen LogP contribution in [0.15, 0.2) is 12.1 Å². The molecule has 5 nitrogen and oxygen atoms in total. The van der Waals surface area contributed by atoms with Crippen molar-refractivity contribution in [2.24, 2.45) is 5.41 Å². The van der Waals surface area contributed by atoms with E-state index in [1.165, 1.54) is 5.69 Å². The Balaban J connectivity index is 1.67. The van der Waals surface area contributed by atoms with Crippen LogP contribution in [-0.2, 0) is 11.2 Å². The fourth-order valence-electron chi connectivity index (χ4n) is 3.99. The Morgan fingerprint density at radius 3 is 2.64 bits per heavy atom. The van der Waals surface area contributed by atoms with Crippen LogP contribution in [0.4, 0.5) is 10.5 Å². The zero-order valence-corrected chi connectivity index (χ0v) is 16.3. The van der Waals surface area contributed by atoms with E-state index in [0.717, 1.165) is 56.8 Å². The molecule has 1 atom stereocenters. The van der Waals surface area contributed by atoms with E-state index in [0.29, 0.717) is 0 Å². The Labute approximate surface area is 151 Å². The molecule has 0 bridgehead atoms. The smallest absolute Gasteiger partial charge is 0.410 e. The summed E-state index contributed by atoms with van der Waals surface area (Å²) in [7, 11) is 0. The van der Waals surface area contributed by atoms with Crippen LogP contribution >= 0.6 is 0 Å². The average Bonchev–Trinajstić information content (AvgIpc) is 3.13. The third kappa shape index (κ3) is 4.07. The van der Waals surface area contributed by atoms with Gasteiger partial charge in [-0.3, -0.25) is 4.98 Å². The van der Waals surface area contributed by atoms with Gasteiger partial charge in [-0.2, -0.15) is 0 Å². The van der Waals surface area contributed by atoms with Crippen molar-refractivity contribution in [3.63, 3.8) is 0 Å². The maximum atomic E-state index is 12.4. The lowest BCUT2D eigenvalue weighted by Gasteiger charge is -2.27. The fourth-order valence-corrected chi connectivity index (χ4v) is 3.99. The molecule has 138 valence electrons. The van der Waals surface area contributed by atoms with Crippen molar-refractivity contribution in [2.45, 2.75) is 59.5 Å². The standard InChI is InChI=1S/C20H31N3O2/c1-6-16-12-17(11-15(2)21-16)22-9-7-20(13-22)8-10-23(14-20)18(24)25-19(3,4)5/h11-12H,6-10,13-14H2,1-5H3. The van der Waals surface area contributed by atoms with Crippen molar-refractivity contribution < 1.29 is 9.53 Å². The van der Waals surface area contributed by atoms with E-state index in [4.69, 9.17) is 4.74 Å². The van der Waals surface area contributed by atoms with E-state index < -0.39 is 5.60 Å². The van der Waals surface area contributed by atoms with Gasteiger partial charge in [0.05, 0.1) is 0 Å². The molecule has 1 spiro atoms. The van der Waals surface area contributed by atoms with Gasteiger partial charge in [-0.1, -0.05) is 6.92 Å². The maximum Gasteiger partial charge on any atom is 0.410 e. The van der Waals surface area contributed by atoms with Gasteiger partial charge in [0.1, 0.15) is 5.60 Å². The molecule has 2 fully saturated rings. The van der Waals surface area contributed by atoms with Crippen molar-refractivity contribution in [3.8, 4) is 0 Å². The highest BCUT2D eigenvalue weighted by Gasteiger charge is 2.45. The zero-order chi connectivity index (χ0) is 18.2. The molecule has 3 heterocycles. The Kier molecular flexibility index (Phi) is 4.69. The molecule has 0 saturated carbocycles. The summed E-state index contributed by atoms with van der Waals surface area (Å²) < 4.78 is 5.55. The van der Waals surface area contributed by atoms with Crippen LogP contribution in [0.3, 0.4) is 0 Å². The third-order valence-electron chi connectivity index (χ3n) is 5.25. The largest absolute Gasteiger partial charge is 0.444 e. The Morgan fingerprint density at radius 1 is 1.24 bits per heavy atom. The number of likely N-dealkylation sites (tertiary alicyclic amines) is 1. The topological polar surface area (TPSA) is 45.7 Å². The van der Waals surface area contributed by atoms with Crippen LogP contribution in [-0.4, -0.2) is 47.8 Å². The number of carbonyl (C=O) groups is 1. The number of pyridine rings is 1. The molecule has 0 aliphatic carbocycles. The molecule has 1 unspecified atom stereocenters. The molecule has 1 aromatic rings. The lowest BCUT2D eigenvalue weighted by molar-refractivity contribution is 0.0276. The van der Waals surface area contributed by atoms with Gasteiger partial charge in [0, 0.05) is 48.7 Å². The molecule has 0 radical (unpaired) electrons. The molecule has 2 aliphatic heterocycles. The van der Waals surface area contributed by atoms with Crippen LogP contribution in [0, 0.1) is 12.3 Å². The molecule has 0 aromatic carbocycles.